The minimum absolute atomic E-state index is 0.259. The molecule has 98 valence electrons. The van der Waals surface area contributed by atoms with Crippen LogP contribution in [-0.2, 0) is 9.47 Å². The maximum Gasteiger partial charge on any atom is 0.238 e. The maximum atomic E-state index is 5.87. The summed E-state index contributed by atoms with van der Waals surface area (Å²) in [6.07, 6.45) is 5.97. The van der Waals surface area contributed by atoms with Crippen LogP contribution in [0.5, 0.6) is 0 Å². The van der Waals surface area contributed by atoms with Gasteiger partial charge in [0.25, 0.3) is 0 Å². The van der Waals surface area contributed by atoms with Gasteiger partial charge in [-0.1, -0.05) is 0 Å². The molecule has 0 aromatic carbocycles. The highest BCUT2D eigenvalue weighted by Gasteiger charge is 2.41. The number of ether oxygens (including phenoxy) is 2. The van der Waals surface area contributed by atoms with E-state index in [1.807, 2.05) is 17.0 Å². The van der Waals surface area contributed by atoms with Crippen LogP contribution in [0.4, 0.5) is 0 Å². The molecule has 1 aromatic rings. The molecule has 3 heterocycles. The van der Waals surface area contributed by atoms with Gasteiger partial charge in [-0.3, -0.25) is 9.47 Å². The van der Waals surface area contributed by atoms with Crippen molar-refractivity contribution >= 4 is 5.88 Å². The fourth-order valence-electron chi connectivity index (χ4n) is 3.04. The van der Waals surface area contributed by atoms with Gasteiger partial charge in [0.1, 0.15) is 5.82 Å². The summed E-state index contributed by atoms with van der Waals surface area (Å²) in [6.45, 7) is 0.781. The lowest BCUT2D eigenvalue weighted by atomic mass is 9.87. The third-order valence-electron chi connectivity index (χ3n) is 3.75. The van der Waals surface area contributed by atoms with Crippen molar-refractivity contribution in [2.45, 2.75) is 18.9 Å². The molecule has 2 aliphatic rings. The van der Waals surface area contributed by atoms with Gasteiger partial charge in [-0.05, 0) is 26.9 Å². The van der Waals surface area contributed by atoms with Crippen LogP contribution in [0.15, 0.2) is 18.2 Å². The number of imidazole rings is 1. The van der Waals surface area contributed by atoms with E-state index in [0.717, 1.165) is 36.9 Å². The van der Waals surface area contributed by atoms with E-state index < -0.39 is 0 Å². The molecule has 2 aliphatic heterocycles. The second-order valence-corrected chi connectivity index (χ2v) is 5.03. The standard InChI is InChI=1S/C13H19N3O2/c1-15(2)10-9-5-4-8-18-11(9)13(17-3)16-7-6-14-12(10)16/h6-7,9-10H,4-5,8H2,1-3H3/t9-,10-/m1/s1. The monoisotopic (exact) mass is 249 g/mol. The molecule has 5 nitrogen and oxygen atoms in total. The molecule has 1 fully saturated rings. The fourth-order valence-corrected chi connectivity index (χ4v) is 3.04. The highest BCUT2D eigenvalue weighted by molar-refractivity contribution is 5.47. The minimum Gasteiger partial charge on any atom is -0.492 e. The highest BCUT2D eigenvalue weighted by atomic mass is 16.5. The zero-order valence-corrected chi connectivity index (χ0v) is 11.1. The molecule has 0 unspecified atom stereocenters. The third-order valence-corrected chi connectivity index (χ3v) is 3.75. The van der Waals surface area contributed by atoms with Gasteiger partial charge in [-0.2, -0.15) is 0 Å². The number of rotatable bonds is 2. The predicted molar refractivity (Wildman–Crippen MR) is 67.6 cm³/mol. The first-order valence-corrected chi connectivity index (χ1v) is 6.35. The third kappa shape index (κ3) is 1.54. The van der Waals surface area contributed by atoms with Gasteiger partial charge in [-0.15, -0.1) is 0 Å². The second-order valence-electron chi connectivity index (χ2n) is 5.03. The smallest absolute Gasteiger partial charge is 0.238 e. The number of methoxy groups -OCH3 is 1. The van der Waals surface area contributed by atoms with Crippen molar-refractivity contribution in [3.63, 3.8) is 0 Å². The molecule has 1 saturated heterocycles. The molecule has 5 heteroatoms. The van der Waals surface area contributed by atoms with E-state index in [2.05, 4.69) is 24.0 Å². The first-order valence-electron chi connectivity index (χ1n) is 6.35. The molecule has 1 aromatic heterocycles. The summed E-state index contributed by atoms with van der Waals surface area (Å²) in [5.74, 6) is 3.16. The van der Waals surface area contributed by atoms with Crippen molar-refractivity contribution < 1.29 is 9.47 Å². The van der Waals surface area contributed by atoms with Crippen molar-refractivity contribution in [1.29, 1.82) is 0 Å². The molecule has 0 saturated carbocycles. The molecule has 3 rings (SSSR count). The Kier molecular flexibility index (Phi) is 2.78. The van der Waals surface area contributed by atoms with Crippen molar-refractivity contribution in [3.8, 4) is 0 Å². The number of aromatic nitrogens is 2. The average molecular weight is 249 g/mol. The van der Waals surface area contributed by atoms with E-state index in [4.69, 9.17) is 9.47 Å². The van der Waals surface area contributed by atoms with Crippen LogP contribution < -0.4 is 0 Å². The number of hydrogen-bond donors (Lipinski definition) is 0. The molecule has 0 bridgehead atoms. The summed E-state index contributed by atoms with van der Waals surface area (Å²) in [7, 11) is 5.87. The summed E-state index contributed by atoms with van der Waals surface area (Å²) >= 11 is 0. The van der Waals surface area contributed by atoms with Crippen molar-refractivity contribution in [1.82, 2.24) is 14.5 Å². The number of nitrogens with zero attached hydrogens (tertiary/aromatic N) is 3. The Hall–Kier alpha value is -1.49. The summed E-state index contributed by atoms with van der Waals surface area (Å²) in [5, 5.41) is 0. The first kappa shape index (κ1) is 11.6. The van der Waals surface area contributed by atoms with Gasteiger partial charge in [0.05, 0.1) is 19.8 Å². The quantitative estimate of drug-likeness (QED) is 0.799. The van der Waals surface area contributed by atoms with Crippen LogP contribution in [0.3, 0.4) is 0 Å². The lowest BCUT2D eigenvalue weighted by Gasteiger charge is -2.39. The Bertz CT molecular complexity index is 478. The lowest BCUT2D eigenvalue weighted by Crippen LogP contribution is -2.37. The zero-order chi connectivity index (χ0) is 12.7. The van der Waals surface area contributed by atoms with Crippen molar-refractivity contribution in [2.24, 2.45) is 5.92 Å². The Morgan fingerprint density at radius 3 is 3.06 bits per heavy atom. The highest BCUT2D eigenvalue weighted by Crippen LogP contribution is 2.44. The Labute approximate surface area is 107 Å². The van der Waals surface area contributed by atoms with Crippen LogP contribution in [0, 0.1) is 5.92 Å². The summed E-state index contributed by atoms with van der Waals surface area (Å²) in [4.78, 5) is 6.71. The number of fused-ring (bicyclic) bond motifs is 2. The Morgan fingerprint density at radius 1 is 1.50 bits per heavy atom. The molecule has 0 spiro atoms. The summed E-state index contributed by atoms with van der Waals surface area (Å²) in [6, 6.07) is 0.259. The molecular formula is C13H19N3O2. The van der Waals surface area contributed by atoms with Crippen LogP contribution in [0.1, 0.15) is 24.7 Å². The minimum atomic E-state index is 0.259. The summed E-state index contributed by atoms with van der Waals surface area (Å²) in [5.41, 5.74) is 0. The molecule has 0 amide bonds. The van der Waals surface area contributed by atoms with Gasteiger partial charge in [0, 0.05) is 18.3 Å². The van der Waals surface area contributed by atoms with E-state index in [1.165, 1.54) is 0 Å². The molecule has 0 radical (unpaired) electrons. The van der Waals surface area contributed by atoms with E-state index in [0.29, 0.717) is 5.92 Å². The van der Waals surface area contributed by atoms with Crippen LogP contribution in [-0.4, -0.2) is 42.3 Å². The van der Waals surface area contributed by atoms with Gasteiger partial charge >= 0.3 is 0 Å². The summed E-state index contributed by atoms with van der Waals surface area (Å²) < 4.78 is 13.4. The van der Waals surface area contributed by atoms with Crippen molar-refractivity contribution in [2.75, 3.05) is 27.8 Å². The van der Waals surface area contributed by atoms with E-state index in [9.17, 15) is 0 Å². The van der Waals surface area contributed by atoms with E-state index in [-0.39, 0.29) is 6.04 Å². The molecule has 0 aliphatic carbocycles. The van der Waals surface area contributed by atoms with Gasteiger partial charge < -0.3 is 9.47 Å². The van der Waals surface area contributed by atoms with Gasteiger partial charge in [-0.25, -0.2) is 4.98 Å². The predicted octanol–water partition coefficient (Wildman–Crippen LogP) is 1.70. The molecular weight excluding hydrogens is 230 g/mol. The molecule has 2 atom stereocenters. The van der Waals surface area contributed by atoms with Gasteiger partial charge in [0.15, 0.2) is 5.76 Å². The Balaban J connectivity index is 2.15. The molecule has 18 heavy (non-hydrogen) atoms. The van der Waals surface area contributed by atoms with E-state index in [1.54, 1.807) is 7.11 Å². The normalized spacial score (nSPS) is 26.7. The SMILES string of the molecule is COC1=C2OCCC[C@@H]2[C@@H](N(C)C)c2nccn21. The van der Waals surface area contributed by atoms with Crippen molar-refractivity contribution in [3.05, 3.63) is 24.0 Å². The largest absolute Gasteiger partial charge is 0.492 e. The first-order chi connectivity index (χ1) is 8.74. The van der Waals surface area contributed by atoms with Crippen LogP contribution in [0.2, 0.25) is 0 Å². The topological polar surface area (TPSA) is 39.5 Å². The molecule has 0 N–H and O–H groups in total. The fraction of sp³-hybridized carbons (Fsp3) is 0.615. The Morgan fingerprint density at radius 2 is 2.33 bits per heavy atom. The second kappa shape index (κ2) is 4.31. The van der Waals surface area contributed by atoms with E-state index >= 15 is 0 Å². The zero-order valence-electron chi connectivity index (χ0n) is 11.1. The van der Waals surface area contributed by atoms with Crippen LogP contribution >= 0.6 is 0 Å². The maximum absolute atomic E-state index is 5.87. The van der Waals surface area contributed by atoms with Gasteiger partial charge in [0.2, 0.25) is 5.88 Å². The van der Waals surface area contributed by atoms with Crippen LogP contribution in [0.25, 0.3) is 5.88 Å². The average Bonchev–Trinajstić information content (AvgIpc) is 2.83. The lowest BCUT2D eigenvalue weighted by molar-refractivity contribution is 0.0634. The number of hydrogen-bond acceptors (Lipinski definition) is 4.